The average molecular weight is 372 g/mol. The molecule has 2 aromatic carbocycles. The molecule has 0 aliphatic carbocycles. The molecule has 0 saturated heterocycles. The number of nitrogens with zero attached hydrogens (tertiary/aromatic N) is 2. The molecule has 0 fully saturated rings. The Bertz CT molecular complexity index is 941. The highest BCUT2D eigenvalue weighted by molar-refractivity contribution is 5.72. The van der Waals surface area contributed by atoms with E-state index in [1.165, 1.54) is 19.2 Å². The first-order chi connectivity index (χ1) is 13.1. The topological polar surface area (TPSA) is 83.7 Å². The second-order valence-electron chi connectivity index (χ2n) is 5.52. The van der Waals surface area contributed by atoms with E-state index in [9.17, 15) is 9.18 Å². The molecule has 0 N–H and O–H groups in total. The summed E-state index contributed by atoms with van der Waals surface area (Å²) in [5, 5.41) is 3.87. The second kappa shape index (κ2) is 8.31. The number of hydrogen-bond donors (Lipinski definition) is 0. The first-order valence-corrected chi connectivity index (χ1v) is 8.04. The number of hydrogen-bond acceptors (Lipinski definition) is 7. The van der Waals surface area contributed by atoms with Crippen LogP contribution in [-0.4, -0.2) is 30.3 Å². The van der Waals surface area contributed by atoms with Gasteiger partial charge in [-0.05, 0) is 29.8 Å². The van der Waals surface area contributed by atoms with Gasteiger partial charge in [0.15, 0.2) is 18.2 Å². The maximum absolute atomic E-state index is 13.7. The largest absolute Gasteiger partial charge is 0.496 e. The van der Waals surface area contributed by atoms with E-state index in [0.29, 0.717) is 22.7 Å². The average Bonchev–Trinajstić information content (AvgIpc) is 3.15. The SMILES string of the molecule is COc1ccc(CC(=O)OCc2nc(-c3ccccc3OC)no2)cc1F. The lowest BCUT2D eigenvalue weighted by molar-refractivity contribution is -0.144. The van der Waals surface area contributed by atoms with Crippen LogP contribution in [0.5, 0.6) is 11.5 Å². The Morgan fingerprint density at radius 3 is 2.63 bits per heavy atom. The molecule has 3 rings (SSSR count). The lowest BCUT2D eigenvalue weighted by Crippen LogP contribution is -2.08. The number of methoxy groups -OCH3 is 2. The second-order valence-corrected chi connectivity index (χ2v) is 5.52. The third kappa shape index (κ3) is 4.41. The van der Waals surface area contributed by atoms with Crippen molar-refractivity contribution in [3.63, 3.8) is 0 Å². The third-order valence-electron chi connectivity index (χ3n) is 3.74. The minimum absolute atomic E-state index is 0.0889. The predicted molar refractivity (Wildman–Crippen MR) is 92.7 cm³/mol. The molecule has 0 aliphatic heterocycles. The smallest absolute Gasteiger partial charge is 0.310 e. The molecule has 0 atom stereocenters. The summed E-state index contributed by atoms with van der Waals surface area (Å²) in [5.74, 6) is 0.101. The summed E-state index contributed by atoms with van der Waals surface area (Å²) in [6.07, 6.45) is -0.0889. The van der Waals surface area contributed by atoms with Gasteiger partial charge in [-0.25, -0.2) is 4.39 Å². The Balaban J connectivity index is 1.60. The van der Waals surface area contributed by atoms with Crippen molar-refractivity contribution in [2.45, 2.75) is 13.0 Å². The van der Waals surface area contributed by atoms with Gasteiger partial charge in [-0.15, -0.1) is 0 Å². The number of halogens is 1. The summed E-state index contributed by atoms with van der Waals surface area (Å²) in [6, 6.07) is 11.5. The van der Waals surface area contributed by atoms with Gasteiger partial charge in [0, 0.05) is 0 Å². The molecule has 0 unspecified atom stereocenters. The minimum Gasteiger partial charge on any atom is -0.496 e. The predicted octanol–water partition coefficient (Wildman–Crippen LogP) is 3.18. The van der Waals surface area contributed by atoms with Crippen LogP contribution in [0.1, 0.15) is 11.5 Å². The fraction of sp³-hybridized carbons (Fsp3) is 0.211. The molecule has 0 bridgehead atoms. The van der Waals surface area contributed by atoms with Gasteiger partial charge < -0.3 is 18.7 Å². The number of rotatable bonds is 7. The Morgan fingerprint density at radius 1 is 1.11 bits per heavy atom. The highest BCUT2D eigenvalue weighted by Crippen LogP contribution is 2.27. The highest BCUT2D eigenvalue weighted by Gasteiger charge is 2.15. The van der Waals surface area contributed by atoms with Crippen molar-refractivity contribution >= 4 is 5.97 Å². The van der Waals surface area contributed by atoms with Crippen molar-refractivity contribution < 1.29 is 27.9 Å². The summed E-state index contributed by atoms with van der Waals surface area (Å²) in [7, 11) is 2.92. The Morgan fingerprint density at radius 2 is 1.89 bits per heavy atom. The highest BCUT2D eigenvalue weighted by atomic mass is 19.1. The number of carbonyl (C=O) groups is 1. The molecule has 0 amide bonds. The van der Waals surface area contributed by atoms with Crippen molar-refractivity contribution in [1.29, 1.82) is 0 Å². The van der Waals surface area contributed by atoms with E-state index in [-0.39, 0.29) is 24.7 Å². The van der Waals surface area contributed by atoms with E-state index in [2.05, 4.69) is 10.1 Å². The number of aromatic nitrogens is 2. The standard InChI is InChI=1S/C19H17FN2O5/c1-24-15-6-4-3-5-13(15)19-21-17(27-22-19)11-26-18(23)10-12-7-8-16(25-2)14(20)9-12/h3-9H,10-11H2,1-2H3. The number of benzene rings is 2. The van der Waals surface area contributed by atoms with Gasteiger partial charge in [0.05, 0.1) is 26.2 Å². The molecule has 27 heavy (non-hydrogen) atoms. The molecule has 140 valence electrons. The molecule has 8 heteroatoms. The zero-order valence-electron chi connectivity index (χ0n) is 14.8. The van der Waals surface area contributed by atoms with Crippen LogP contribution in [0.3, 0.4) is 0 Å². The first kappa shape index (κ1) is 18.4. The Kier molecular flexibility index (Phi) is 5.65. The number of ether oxygens (including phenoxy) is 3. The van der Waals surface area contributed by atoms with Gasteiger partial charge >= 0.3 is 5.97 Å². The Hall–Kier alpha value is -3.42. The normalized spacial score (nSPS) is 10.5. The first-order valence-electron chi connectivity index (χ1n) is 8.04. The van der Waals surface area contributed by atoms with Crippen LogP contribution >= 0.6 is 0 Å². The van der Waals surface area contributed by atoms with Crippen molar-refractivity contribution in [3.8, 4) is 22.9 Å². The molecule has 3 aromatic rings. The van der Waals surface area contributed by atoms with Gasteiger partial charge in [0.2, 0.25) is 5.82 Å². The quantitative estimate of drug-likeness (QED) is 0.589. The van der Waals surface area contributed by atoms with Crippen LogP contribution in [0, 0.1) is 5.82 Å². The van der Waals surface area contributed by atoms with Crippen LogP contribution in [-0.2, 0) is 22.6 Å². The third-order valence-corrected chi connectivity index (χ3v) is 3.74. The van der Waals surface area contributed by atoms with E-state index in [1.54, 1.807) is 25.3 Å². The van der Waals surface area contributed by atoms with E-state index in [1.807, 2.05) is 12.1 Å². The maximum Gasteiger partial charge on any atom is 0.310 e. The van der Waals surface area contributed by atoms with Gasteiger partial charge in [-0.2, -0.15) is 4.98 Å². The van der Waals surface area contributed by atoms with Gasteiger partial charge in [0.1, 0.15) is 5.75 Å². The van der Waals surface area contributed by atoms with Crippen LogP contribution in [0.15, 0.2) is 47.0 Å². The lowest BCUT2D eigenvalue weighted by atomic mass is 10.1. The van der Waals surface area contributed by atoms with Crippen molar-refractivity contribution in [1.82, 2.24) is 10.1 Å². The van der Waals surface area contributed by atoms with Gasteiger partial charge in [-0.1, -0.05) is 23.4 Å². The molecule has 7 nitrogen and oxygen atoms in total. The lowest BCUT2D eigenvalue weighted by Gasteiger charge is -2.05. The van der Waals surface area contributed by atoms with Crippen LogP contribution < -0.4 is 9.47 Å². The summed E-state index contributed by atoms with van der Waals surface area (Å²) in [6.45, 7) is -0.181. The molecular weight excluding hydrogens is 355 g/mol. The summed E-state index contributed by atoms with van der Waals surface area (Å²) in [5.41, 5.74) is 1.13. The van der Waals surface area contributed by atoms with Crippen molar-refractivity contribution in [2.24, 2.45) is 0 Å². The van der Waals surface area contributed by atoms with Crippen molar-refractivity contribution in [3.05, 3.63) is 59.7 Å². The van der Waals surface area contributed by atoms with Crippen LogP contribution in [0.2, 0.25) is 0 Å². The minimum atomic E-state index is -0.545. The monoisotopic (exact) mass is 372 g/mol. The Labute approximate surface area is 154 Å². The van der Waals surface area contributed by atoms with Crippen LogP contribution in [0.25, 0.3) is 11.4 Å². The summed E-state index contributed by atoms with van der Waals surface area (Å²) in [4.78, 5) is 16.1. The van der Waals surface area contributed by atoms with Crippen LogP contribution in [0.4, 0.5) is 4.39 Å². The number of para-hydroxylation sites is 1. The molecule has 1 aromatic heterocycles. The molecule has 0 aliphatic rings. The fourth-order valence-corrected chi connectivity index (χ4v) is 2.43. The molecule has 0 saturated carbocycles. The zero-order chi connectivity index (χ0) is 19.2. The molecule has 1 heterocycles. The summed E-state index contributed by atoms with van der Waals surface area (Å²) < 4.78 is 34.0. The van der Waals surface area contributed by atoms with E-state index >= 15 is 0 Å². The van der Waals surface area contributed by atoms with Gasteiger partial charge in [0.25, 0.3) is 5.89 Å². The zero-order valence-corrected chi connectivity index (χ0v) is 14.8. The van der Waals surface area contributed by atoms with E-state index in [0.717, 1.165) is 0 Å². The molecule has 0 radical (unpaired) electrons. The maximum atomic E-state index is 13.7. The molecular formula is C19H17FN2O5. The number of carbonyl (C=O) groups excluding carboxylic acids is 1. The van der Waals surface area contributed by atoms with E-state index in [4.69, 9.17) is 18.7 Å². The van der Waals surface area contributed by atoms with E-state index < -0.39 is 11.8 Å². The molecule has 0 spiro atoms. The van der Waals surface area contributed by atoms with Crippen molar-refractivity contribution in [2.75, 3.05) is 14.2 Å². The summed E-state index contributed by atoms with van der Waals surface area (Å²) >= 11 is 0. The fourth-order valence-electron chi connectivity index (χ4n) is 2.43. The number of esters is 1. The van der Waals surface area contributed by atoms with Gasteiger partial charge in [-0.3, -0.25) is 4.79 Å².